The van der Waals surface area contributed by atoms with Crippen LogP contribution in [0.1, 0.15) is 18.7 Å². The highest BCUT2D eigenvalue weighted by Crippen LogP contribution is 2.06. The average molecular weight is 177 g/mol. The molecule has 2 N–H and O–H groups in total. The van der Waals surface area contributed by atoms with Crippen LogP contribution < -0.4 is 5.73 Å². The zero-order chi connectivity index (χ0) is 7.56. The van der Waals surface area contributed by atoms with Crippen molar-refractivity contribution in [2.24, 2.45) is 5.73 Å². The van der Waals surface area contributed by atoms with Gasteiger partial charge >= 0.3 is 0 Å². The highest BCUT2D eigenvalue weighted by atomic mass is 35.5. The molecule has 1 unspecified atom stereocenters. The molecule has 1 aromatic heterocycles. The molecular weight excluding hydrogens is 167 g/mol. The molecule has 0 bridgehead atoms. The fourth-order valence-corrected chi connectivity index (χ4v) is 0.670. The lowest BCUT2D eigenvalue weighted by Gasteiger charge is -2.01. The van der Waals surface area contributed by atoms with Crippen LogP contribution in [0.25, 0.3) is 0 Å². The van der Waals surface area contributed by atoms with Gasteiger partial charge in [0.15, 0.2) is 0 Å². The Morgan fingerprint density at radius 1 is 1.64 bits per heavy atom. The minimum atomic E-state index is -0.290. The SMILES string of the molecule is CC(N)c1cc(F)ccn1.Cl. The van der Waals surface area contributed by atoms with Crippen molar-refractivity contribution in [3.05, 3.63) is 29.8 Å². The molecule has 1 rings (SSSR count). The van der Waals surface area contributed by atoms with Crippen LogP contribution in [0, 0.1) is 5.82 Å². The molecule has 0 amide bonds. The fraction of sp³-hybridized carbons (Fsp3) is 0.286. The Morgan fingerprint density at radius 3 is 2.64 bits per heavy atom. The molecule has 1 atom stereocenters. The van der Waals surface area contributed by atoms with Gasteiger partial charge in [0.2, 0.25) is 0 Å². The molecule has 0 spiro atoms. The summed E-state index contributed by atoms with van der Waals surface area (Å²) in [5, 5.41) is 0. The highest BCUT2D eigenvalue weighted by Gasteiger charge is 2.00. The van der Waals surface area contributed by atoms with E-state index in [0.717, 1.165) is 0 Å². The van der Waals surface area contributed by atoms with E-state index in [9.17, 15) is 4.39 Å². The van der Waals surface area contributed by atoms with Crippen LogP contribution in [-0.4, -0.2) is 4.98 Å². The summed E-state index contributed by atoms with van der Waals surface area (Å²) < 4.78 is 12.4. The van der Waals surface area contributed by atoms with Crippen LogP contribution in [0.3, 0.4) is 0 Å². The van der Waals surface area contributed by atoms with E-state index in [1.54, 1.807) is 6.92 Å². The van der Waals surface area contributed by atoms with Crippen molar-refractivity contribution in [2.75, 3.05) is 0 Å². The molecule has 0 saturated carbocycles. The second-order valence-corrected chi connectivity index (χ2v) is 2.19. The van der Waals surface area contributed by atoms with Crippen molar-refractivity contribution >= 4 is 12.4 Å². The molecule has 0 aliphatic rings. The van der Waals surface area contributed by atoms with E-state index in [-0.39, 0.29) is 24.3 Å². The normalized spacial score (nSPS) is 11.9. The number of pyridine rings is 1. The number of halogens is 2. The quantitative estimate of drug-likeness (QED) is 0.707. The first-order chi connectivity index (χ1) is 4.70. The second kappa shape index (κ2) is 4.26. The van der Waals surface area contributed by atoms with Gasteiger partial charge in [-0.1, -0.05) is 0 Å². The standard InChI is InChI=1S/C7H9FN2.ClH/c1-5(9)7-4-6(8)2-3-10-7;/h2-5H,9H2,1H3;1H. The van der Waals surface area contributed by atoms with Gasteiger partial charge in [0, 0.05) is 12.2 Å². The number of hydrogen-bond acceptors (Lipinski definition) is 2. The maximum absolute atomic E-state index is 12.4. The summed E-state index contributed by atoms with van der Waals surface area (Å²) in [4.78, 5) is 3.87. The number of nitrogens with zero attached hydrogens (tertiary/aromatic N) is 1. The average Bonchev–Trinajstić information content (AvgIpc) is 1.88. The summed E-state index contributed by atoms with van der Waals surface area (Å²) in [5.74, 6) is -0.290. The Hall–Kier alpha value is -0.670. The van der Waals surface area contributed by atoms with Crippen molar-refractivity contribution in [3.8, 4) is 0 Å². The molecule has 4 heteroatoms. The van der Waals surface area contributed by atoms with Crippen molar-refractivity contribution < 1.29 is 4.39 Å². The van der Waals surface area contributed by atoms with Gasteiger partial charge in [0.25, 0.3) is 0 Å². The van der Waals surface area contributed by atoms with Gasteiger partial charge in [0.1, 0.15) is 5.82 Å². The number of aromatic nitrogens is 1. The van der Waals surface area contributed by atoms with Gasteiger partial charge in [-0.2, -0.15) is 0 Å². The first-order valence-corrected chi connectivity index (χ1v) is 3.07. The first-order valence-electron chi connectivity index (χ1n) is 3.07. The number of nitrogens with two attached hydrogens (primary N) is 1. The molecule has 0 saturated heterocycles. The van der Waals surface area contributed by atoms with Crippen molar-refractivity contribution in [3.63, 3.8) is 0 Å². The molecule has 2 nitrogen and oxygen atoms in total. The maximum Gasteiger partial charge on any atom is 0.126 e. The fourth-order valence-electron chi connectivity index (χ4n) is 0.670. The lowest BCUT2D eigenvalue weighted by atomic mass is 10.2. The molecule has 0 radical (unpaired) electrons. The van der Waals surface area contributed by atoms with E-state index in [1.165, 1.54) is 18.3 Å². The smallest absolute Gasteiger partial charge is 0.126 e. The van der Waals surface area contributed by atoms with E-state index in [4.69, 9.17) is 5.73 Å². The summed E-state index contributed by atoms with van der Waals surface area (Å²) in [6.45, 7) is 1.77. The third kappa shape index (κ3) is 2.82. The van der Waals surface area contributed by atoms with Crippen LogP contribution in [0.15, 0.2) is 18.3 Å². The largest absolute Gasteiger partial charge is 0.323 e. The predicted molar refractivity (Wildman–Crippen MR) is 44.0 cm³/mol. The summed E-state index contributed by atoms with van der Waals surface area (Å²) >= 11 is 0. The molecule has 0 aliphatic carbocycles. The number of hydrogen-bond donors (Lipinski definition) is 1. The van der Waals surface area contributed by atoms with E-state index in [0.29, 0.717) is 5.69 Å². The molecule has 1 aromatic rings. The van der Waals surface area contributed by atoms with Crippen LogP contribution in [0.2, 0.25) is 0 Å². The zero-order valence-electron chi connectivity index (χ0n) is 6.12. The topological polar surface area (TPSA) is 38.9 Å². The molecule has 1 heterocycles. The Kier molecular flexibility index (Phi) is 4.00. The van der Waals surface area contributed by atoms with E-state index in [2.05, 4.69) is 4.98 Å². The minimum Gasteiger partial charge on any atom is -0.323 e. The summed E-state index contributed by atoms with van der Waals surface area (Å²) in [5.41, 5.74) is 6.04. The molecule has 0 aliphatic heterocycles. The van der Waals surface area contributed by atoms with E-state index < -0.39 is 0 Å². The lowest BCUT2D eigenvalue weighted by Crippen LogP contribution is -2.07. The van der Waals surface area contributed by atoms with E-state index in [1.807, 2.05) is 0 Å². The van der Waals surface area contributed by atoms with Crippen LogP contribution in [-0.2, 0) is 0 Å². The van der Waals surface area contributed by atoms with Crippen LogP contribution in [0.5, 0.6) is 0 Å². The summed E-state index contributed by atoms with van der Waals surface area (Å²) in [6.07, 6.45) is 1.41. The third-order valence-electron chi connectivity index (χ3n) is 1.21. The molecular formula is C7H10ClFN2. The van der Waals surface area contributed by atoms with Crippen molar-refractivity contribution in [1.29, 1.82) is 0 Å². The molecule has 11 heavy (non-hydrogen) atoms. The van der Waals surface area contributed by atoms with Gasteiger partial charge in [-0.25, -0.2) is 4.39 Å². The Labute approximate surface area is 71.0 Å². The Balaban J connectivity index is 0.000001000. The van der Waals surface area contributed by atoms with Crippen molar-refractivity contribution in [1.82, 2.24) is 4.98 Å². The molecule has 0 aromatic carbocycles. The van der Waals surface area contributed by atoms with Gasteiger partial charge < -0.3 is 5.73 Å². The van der Waals surface area contributed by atoms with Gasteiger partial charge in [0.05, 0.1) is 5.69 Å². The highest BCUT2D eigenvalue weighted by molar-refractivity contribution is 5.85. The third-order valence-corrected chi connectivity index (χ3v) is 1.21. The lowest BCUT2D eigenvalue weighted by molar-refractivity contribution is 0.617. The minimum absolute atomic E-state index is 0. The first kappa shape index (κ1) is 10.3. The Bertz CT molecular complexity index is 227. The molecule has 0 fully saturated rings. The second-order valence-electron chi connectivity index (χ2n) is 2.19. The zero-order valence-corrected chi connectivity index (χ0v) is 6.94. The molecule has 62 valence electrons. The van der Waals surface area contributed by atoms with Crippen molar-refractivity contribution in [2.45, 2.75) is 13.0 Å². The summed E-state index contributed by atoms with van der Waals surface area (Å²) in [6, 6.07) is 2.44. The van der Waals surface area contributed by atoms with Gasteiger partial charge in [-0.05, 0) is 19.1 Å². The van der Waals surface area contributed by atoms with E-state index >= 15 is 0 Å². The summed E-state index contributed by atoms with van der Waals surface area (Å²) in [7, 11) is 0. The Morgan fingerprint density at radius 2 is 2.27 bits per heavy atom. The van der Waals surface area contributed by atoms with Crippen LogP contribution >= 0.6 is 12.4 Å². The van der Waals surface area contributed by atoms with Gasteiger partial charge in [-0.3, -0.25) is 4.98 Å². The monoisotopic (exact) mass is 176 g/mol. The maximum atomic E-state index is 12.4. The van der Waals surface area contributed by atoms with Crippen LogP contribution in [0.4, 0.5) is 4.39 Å². The predicted octanol–water partition coefficient (Wildman–Crippen LogP) is 1.66. The van der Waals surface area contributed by atoms with Gasteiger partial charge in [-0.15, -0.1) is 12.4 Å². The number of rotatable bonds is 1.